The monoisotopic (exact) mass is 452 g/mol. The van der Waals surface area contributed by atoms with Crippen molar-refractivity contribution in [2.45, 2.75) is 187 Å². The lowest BCUT2D eigenvalue weighted by atomic mass is 9.99. The molecule has 0 aliphatic heterocycles. The van der Waals surface area contributed by atoms with Gasteiger partial charge in [-0.05, 0) is 12.3 Å². The van der Waals surface area contributed by atoms with E-state index in [9.17, 15) is 0 Å². The highest BCUT2D eigenvalue weighted by Crippen LogP contribution is 2.17. The predicted octanol–water partition coefficient (Wildman–Crippen LogP) is 11.2. The van der Waals surface area contributed by atoms with Gasteiger partial charge in [0.15, 0.2) is 0 Å². The van der Waals surface area contributed by atoms with Crippen molar-refractivity contribution in [3.63, 3.8) is 0 Å². The second kappa shape index (κ2) is 29.0. The first-order chi connectivity index (χ1) is 15.8. The minimum Gasteiger partial charge on any atom is -0.396 e. The Morgan fingerprint density at radius 3 is 0.812 bits per heavy atom. The third-order valence-electron chi connectivity index (χ3n) is 7.55. The molecule has 32 heavy (non-hydrogen) atoms. The fourth-order valence-electron chi connectivity index (χ4n) is 4.87. The number of unbranched alkanes of at least 4 members (excludes halogenated alkanes) is 24. The minimum atomic E-state index is 0.374. The van der Waals surface area contributed by atoms with Gasteiger partial charge in [-0.25, -0.2) is 0 Å². The molecule has 0 radical (unpaired) electrons. The van der Waals surface area contributed by atoms with E-state index in [1.54, 1.807) is 0 Å². The number of hydrogen-bond acceptors (Lipinski definition) is 1. The molecular weight excluding hydrogens is 388 g/mol. The fourth-order valence-corrected chi connectivity index (χ4v) is 4.87. The van der Waals surface area contributed by atoms with Crippen LogP contribution in [0.2, 0.25) is 0 Å². The molecule has 1 atom stereocenters. The van der Waals surface area contributed by atoms with Gasteiger partial charge in [0.2, 0.25) is 0 Å². The highest BCUT2D eigenvalue weighted by molar-refractivity contribution is 4.53. The molecule has 0 fully saturated rings. The van der Waals surface area contributed by atoms with E-state index < -0.39 is 0 Å². The Morgan fingerprint density at radius 2 is 0.594 bits per heavy atom. The van der Waals surface area contributed by atoms with Gasteiger partial charge in [0.1, 0.15) is 0 Å². The lowest BCUT2D eigenvalue weighted by Crippen LogP contribution is -1.91. The Bertz CT molecular complexity index is 314. The van der Waals surface area contributed by atoms with Gasteiger partial charge in [0.25, 0.3) is 0 Å². The average molecular weight is 453 g/mol. The molecule has 1 N–H and O–H groups in total. The zero-order valence-corrected chi connectivity index (χ0v) is 22.8. The molecule has 1 unspecified atom stereocenters. The van der Waals surface area contributed by atoms with Gasteiger partial charge in [-0.15, -0.1) is 0 Å². The van der Waals surface area contributed by atoms with Crippen LogP contribution in [0.1, 0.15) is 187 Å². The summed E-state index contributed by atoms with van der Waals surface area (Å²) in [6.07, 6.45) is 38.5. The maximum Gasteiger partial charge on any atom is 0.0431 e. The van der Waals surface area contributed by atoms with Crippen molar-refractivity contribution in [2.24, 2.45) is 5.92 Å². The maximum atomic E-state index is 8.76. The molecule has 1 heteroatoms. The van der Waals surface area contributed by atoms with Gasteiger partial charge in [-0.3, -0.25) is 0 Å². The van der Waals surface area contributed by atoms with Crippen LogP contribution in [0.25, 0.3) is 0 Å². The standard InChI is InChI=1S/C31H64O/c1-3-31(2)29-27-25-23-21-19-17-15-13-11-9-7-5-4-6-8-10-12-14-16-18-20-22-24-26-28-30-32/h31-32H,3-30H2,1-2H3. The van der Waals surface area contributed by atoms with Crippen LogP contribution in [-0.2, 0) is 0 Å². The van der Waals surface area contributed by atoms with Gasteiger partial charge in [0.05, 0.1) is 0 Å². The summed E-state index contributed by atoms with van der Waals surface area (Å²) in [5.41, 5.74) is 0. The van der Waals surface area contributed by atoms with Crippen LogP contribution < -0.4 is 0 Å². The third kappa shape index (κ3) is 28.0. The van der Waals surface area contributed by atoms with Crippen molar-refractivity contribution in [3.05, 3.63) is 0 Å². The summed E-state index contributed by atoms with van der Waals surface area (Å²) in [4.78, 5) is 0. The van der Waals surface area contributed by atoms with Crippen LogP contribution in [0.3, 0.4) is 0 Å². The third-order valence-corrected chi connectivity index (χ3v) is 7.55. The van der Waals surface area contributed by atoms with E-state index in [2.05, 4.69) is 13.8 Å². The first kappa shape index (κ1) is 32.0. The minimum absolute atomic E-state index is 0.374. The van der Waals surface area contributed by atoms with Crippen LogP contribution in [0, 0.1) is 5.92 Å². The van der Waals surface area contributed by atoms with Crippen LogP contribution in [0.15, 0.2) is 0 Å². The molecule has 0 aromatic rings. The predicted molar refractivity (Wildman–Crippen MR) is 147 cm³/mol. The molecule has 0 bridgehead atoms. The molecular formula is C31H64O. The lowest BCUT2D eigenvalue weighted by molar-refractivity contribution is 0.282. The number of aliphatic hydroxyl groups is 1. The maximum absolute atomic E-state index is 8.76. The molecule has 0 spiro atoms. The van der Waals surface area contributed by atoms with E-state index in [0.29, 0.717) is 6.61 Å². The summed E-state index contributed by atoms with van der Waals surface area (Å²) >= 11 is 0. The number of hydrogen-bond donors (Lipinski definition) is 1. The van der Waals surface area contributed by atoms with Crippen molar-refractivity contribution in [2.75, 3.05) is 6.61 Å². The van der Waals surface area contributed by atoms with Gasteiger partial charge in [-0.1, -0.05) is 181 Å². The van der Waals surface area contributed by atoms with E-state index in [1.165, 1.54) is 167 Å². The molecule has 1 nitrogen and oxygen atoms in total. The molecule has 0 saturated heterocycles. The molecule has 0 aromatic carbocycles. The largest absolute Gasteiger partial charge is 0.396 e. The van der Waals surface area contributed by atoms with E-state index in [4.69, 9.17) is 5.11 Å². The fraction of sp³-hybridized carbons (Fsp3) is 1.00. The van der Waals surface area contributed by atoms with Gasteiger partial charge >= 0.3 is 0 Å². The molecule has 0 heterocycles. The van der Waals surface area contributed by atoms with Crippen LogP contribution >= 0.6 is 0 Å². The summed E-state index contributed by atoms with van der Waals surface area (Å²) < 4.78 is 0. The van der Waals surface area contributed by atoms with Crippen LogP contribution in [-0.4, -0.2) is 11.7 Å². The smallest absolute Gasteiger partial charge is 0.0431 e. The summed E-state index contributed by atoms with van der Waals surface area (Å²) in [5, 5.41) is 8.76. The van der Waals surface area contributed by atoms with E-state index in [1.807, 2.05) is 0 Å². The van der Waals surface area contributed by atoms with E-state index in [-0.39, 0.29) is 0 Å². The van der Waals surface area contributed by atoms with Crippen LogP contribution in [0.4, 0.5) is 0 Å². The van der Waals surface area contributed by atoms with Crippen LogP contribution in [0.5, 0.6) is 0 Å². The van der Waals surface area contributed by atoms with Crippen molar-refractivity contribution >= 4 is 0 Å². The van der Waals surface area contributed by atoms with Crippen molar-refractivity contribution in [3.8, 4) is 0 Å². The molecule has 194 valence electrons. The number of aliphatic hydroxyl groups excluding tert-OH is 1. The molecule has 0 aliphatic rings. The Morgan fingerprint density at radius 1 is 0.375 bits per heavy atom. The quantitative estimate of drug-likeness (QED) is 0.117. The van der Waals surface area contributed by atoms with Gasteiger partial charge in [0, 0.05) is 6.61 Å². The molecule has 0 aliphatic carbocycles. The number of rotatable bonds is 28. The van der Waals surface area contributed by atoms with Gasteiger partial charge in [-0.2, -0.15) is 0 Å². The summed E-state index contributed by atoms with van der Waals surface area (Å²) in [5.74, 6) is 0.944. The van der Waals surface area contributed by atoms with Crippen molar-refractivity contribution < 1.29 is 5.11 Å². The summed E-state index contributed by atoms with van der Waals surface area (Å²) in [7, 11) is 0. The highest BCUT2D eigenvalue weighted by Gasteiger charge is 1.99. The first-order valence-corrected chi connectivity index (χ1v) is 15.4. The second-order valence-electron chi connectivity index (χ2n) is 10.9. The topological polar surface area (TPSA) is 20.2 Å². The summed E-state index contributed by atoms with van der Waals surface area (Å²) in [6, 6.07) is 0. The summed E-state index contributed by atoms with van der Waals surface area (Å²) in [6.45, 7) is 5.09. The molecule has 0 amide bonds. The Hall–Kier alpha value is -0.0400. The Labute approximate surface area is 204 Å². The Kier molecular flexibility index (Phi) is 29.0. The Balaban J connectivity index is 3.01. The van der Waals surface area contributed by atoms with E-state index in [0.717, 1.165) is 12.3 Å². The first-order valence-electron chi connectivity index (χ1n) is 15.4. The molecule has 0 aromatic heterocycles. The zero-order valence-electron chi connectivity index (χ0n) is 22.8. The molecule has 0 rings (SSSR count). The second-order valence-corrected chi connectivity index (χ2v) is 10.9. The van der Waals surface area contributed by atoms with Crippen molar-refractivity contribution in [1.82, 2.24) is 0 Å². The lowest BCUT2D eigenvalue weighted by Gasteiger charge is -2.07. The normalized spacial score (nSPS) is 12.5. The van der Waals surface area contributed by atoms with Crippen molar-refractivity contribution in [1.29, 1.82) is 0 Å². The highest BCUT2D eigenvalue weighted by atomic mass is 16.2. The zero-order chi connectivity index (χ0) is 23.4. The van der Waals surface area contributed by atoms with Gasteiger partial charge < -0.3 is 5.11 Å². The van der Waals surface area contributed by atoms with E-state index >= 15 is 0 Å². The average Bonchev–Trinajstić information content (AvgIpc) is 2.81. The molecule has 0 saturated carbocycles. The SMILES string of the molecule is CCC(C)CCCCCCCCCCCCCCCCCCCCCCCCCCCO.